The summed E-state index contributed by atoms with van der Waals surface area (Å²) in [5.41, 5.74) is 0.821. The molecule has 4 aromatic rings. The van der Waals surface area contributed by atoms with Gasteiger partial charge in [-0.15, -0.1) is 0 Å². The van der Waals surface area contributed by atoms with Gasteiger partial charge in [0, 0.05) is 25.2 Å². The van der Waals surface area contributed by atoms with Gasteiger partial charge in [-0.3, -0.25) is 13.9 Å². The molecule has 1 unspecified atom stereocenters. The third-order valence-electron chi connectivity index (χ3n) is 5.61. The van der Waals surface area contributed by atoms with Crippen LogP contribution in [0.5, 0.6) is 17.4 Å². The minimum Gasteiger partial charge on any atom is -0.508 e. The molecule has 0 spiro atoms. The number of rotatable bonds is 1. The Morgan fingerprint density at radius 1 is 0.862 bits per heavy atom. The van der Waals surface area contributed by atoms with E-state index in [1.165, 1.54) is 11.6 Å². The molecule has 1 aliphatic rings. The molecule has 29 heavy (non-hydrogen) atoms. The molecule has 5 rings (SSSR count). The largest absolute Gasteiger partial charge is 0.508 e. The maximum absolute atomic E-state index is 13.2. The normalized spacial score (nSPS) is 14.9. The SMILES string of the molecule is Cn1c2c(c(=O)n(C)c1=O)C(c1c(O)ccc3ccccc13)c1ccccc1O2. The molecule has 0 saturated heterocycles. The van der Waals surface area contributed by atoms with Crippen molar-refractivity contribution >= 4 is 10.8 Å². The predicted octanol–water partition coefficient (Wildman–Crippen LogP) is 3.23. The van der Waals surface area contributed by atoms with E-state index < -0.39 is 17.2 Å². The quantitative estimate of drug-likeness (QED) is 0.480. The first kappa shape index (κ1) is 17.3. The lowest BCUT2D eigenvalue weighted by atomic mass is 9.81. The van der Waals surface area contributed by atoms with Crippen molar-refractivity contribution in [2.45, 2.75) is 5.92 Å². The smallest absolute Gasteiger partial charge is 0.333 e. The molecule has 144 valence electrons. The summed E-state index contributed by atoms with van der Waals surface area (Å²) in [6, 6.07) is 18.6. The van der Waals surface area contributed by atoms with Crippen molar-refractivity contribution in [3.05, 3.63) is 98.2 Å². The zero-order valence-electron chi connectivity index (χ0n) is 15.9. The molecule has 0 radical (unpaired) electrons. The molecule has 0 bridgehead atoms. The first-order valence-electron chi connectivity index (χ1n) is 9.26. The monoisotopic (exact) mass is 386 g/mol. The molecular weight excluding hydrogens is 368 g/mol. The van der Waals surface area contributed by atoms with Gasteiger partial charge in [0.15, 0.2) is 0 Å². The summed E-state index contributed by atoms with van der Waals surface area (Å²) < 4.78 is 8.41. The second-order valence-electron chi connectivity index (χ2n) is 7.22. The maximum atomic E-state index is 13.2. The van der Waals surface area contributed by atoms with Crippen molar-refractivity contribution in [2.75, 3.05) is 0 Å². The average molecular weight is 386 g/mol. The van der Waals surface area contributed by atoms with E-state index in [2.05, 4.69) is 0 Å². The lowest BCUT2D eigenvalue weighted by molar-refractivity contribution is 0.393. The summed E-state index contributed by atoms with van der Waals surface area (Å²) in [4.78, 5) is 25.7. The van der Waals surface area contributed by atoms with Crippen LogP contribution in [-0.4, -0.2) is 14.2 Å². The van der Waals surface area contributed by atoms with Gasteiger partial charge in [0.25, 0.3) is 5.56 Å². The van der Waals surface area contributed by atoms with Crippen LogP contribution in [0.25, 0.3) is 10.8 Å². The van der Waals surface area contributed by atoms with E-state index in [4.69, 9.17) is 4.74 Å². The average Bonchev–Trinajstić information content (AvgIpc) is 2.75. The van der Waals surface area contributed by atoms with Crippen molar-refractivity contribution in [1.82, 2.24) is 9.13 Å². The van der Waals surface area contributed by atoms with Crippen LogP contribution in [0.3, 0.4) is 0 Å². The number of phenolic OH excluding ortho intramolecular Hbond substituents is 1. The molecule has 0 aliphatic carbocycles. The van der Waals surface area contributed by atoms with E-state index in [9.17, 15) is 14.7 Å². The van der Waals surface area contributed by atoms with E-state index in [0.29, 0.717) is 16.9 Å². The summed E-state index contributed by atoms with van der Waals surface area (Å²) in [6.07, 6.45) is 0. The van der Waals surface area contributed by atoms with Crippen molar-refractivity contribution < 1.29 is 9.84 Å². The van der Waals surface area contributed by atoms with Gasteiger partial charge in [-0.1, -0.05) is 48.5 Å². The highest BCUT2D eigenvalue weighted by Crippen LogP contribution is 2.49. The molecule has 1 aromatic heterocycles. The van der Waals surface area contributed by atoms with Gasteiger partial charge in [-0.25, -0.2) is 4.79 Å². The van der Waals surface area contributed by atoms with Gasteiger partial charge in [0.05, 0.1) is 11.5 Å². The molecule has 2 heterocycles. The zero-order valence-corrected chi connectivity index (χ0v) is 15.9. The van der Waals surface area contributed by atoms with Crippen LogP contribution in [0.4, 0.5) is 0 Å². The summed E-state index contributed by atoms with van der Waals surface area (Å²) >= 11 is 0. The molecular formula is C23H18N2O4. The van der Waals surface area contributed by atoms with E-state index >= 15 is 0 Å². The zero-order chi connectivity index (χ0) is 20.3. The van der Waals surface area contributed by atoms with Gasteiger partial charge < -0.3 is 9.84 Å². The fraction of sp³-hybridized carbons (Fsp3) is 0.130. The molecule has 6 nitrogen and oxygen atoms in total. The summed E-state index contributed by atoms with van der Waals surface area (Å²) in [6.45, 7) is 0. The first-order chi connectivity index (χ1) is 14.0. The molecule has 0 saturated carbocycles. The van der Waals surface area contributed by atoms with Crippen LogP contribution >= 0.6 is 0 Å². The van der Waals surface area contributed by atoms with Gasteiger partial charge in [0.2, 0.25) is 5.88 Å². The number of para-hydroxylation sites is 1. The second-order valence-corrected chi connectivity index (χ2v) is 7.22. The predicted molar refractivity (Wildman–Crippen MR) is 110 cm³/mol. The van der Waals surface area contributed by atoms with Gasteiger partial charge in [-0.05, 0) is 22.9 Å². The van der Waals surface area contributed by atoms with E-state index in [1.807, 2.05) is 48.5 Å². The Morgan fingerprint density at radius 3 is 2.41 bits per heavy atom. The Hall–Kier alpha value is -3.80. The third-order valence-corrected chi connectivity index (χ3v) is 5.61. The minimum absolute atomic E-state index is 0.0901. The molecule has 1 atom stereocenters. The van der Waals surface area contributed by atoms with E-state index in [0.717, 1.165) is 20.9 Å². The van der Waals surface area contributed by atoms with Crippen LogP contribution in [0.1, 0.15) is 22.6 Å². The Balaban J connectivity index is 1.97. The Bertz CT molecular complexity index is 1420. The number of ether oxygens (including phenoxy) is 1. The number of aromatic nitrogens is 2. The number of phenols is 1. The Kier molecular flexibility index (Phi) is 3.64. The van der Waals surface area contributed by atoms with Gasteiger partial charge in [0.1, 0.15) is 11.5 Å². The molecule has 3 aromatic carbocycles. The standard InChI is InChI=1S/C23H18N2O4/c1-24-21(27)20-19(18-14-8-4-3-7-13(14)11-12-16(18)26)15-9-5-6-10-17(15)29-22(20)25(2)23(24)28/h3-12,19,26H,1-2H3. The number of hydrogen-bond acceptors (Lipinski definition) is 4. The molecule has 1 N–H and O–H groups in total. The summed E-state index contributed by atoms with van der Waals surface area (Å²) in [5.74, 6) is 0.272. The van der Waals surface area contributed by atoms with E-state index in [-0.39, 0.29) is 11.6 Å². The van der Waals surface area contributed by atoms with Crippen molar-refractivity contribution in [2.24, 2.45) is 14.1 Å². The van der Waals surface area contributed by atoms with Crippen molar-refractivity contribution in [3.63, 3.8) is 0 Å². The highest BCUT2D eigenvalue weighted by molar-refractivity contribution is 5.89. The van der Waals surface area contributed by atoms with Crippen LogP contribution < -0.4 is 16.0 Å². The molecule has 1 aliphatic heterocycles. The summed E-state index contributed by atoms with van der Waals surface area (Å²) in [5, 5.41) is 12.7. The lowest BCUT2D eigenvalue weighted by Crippen LogP contribution is -2.41. The van der Waals surface area contributed by atoms with Gasteiger partial charge in [-0.2, -0.15) is 0 Å². The van der Waals surface area contributed by atoms with Crippen molar-refractivity contribution in [3.8, 4) is 17.4 Å². The Morgan fingerprint density at radius 2 is 1.59 bits per heavy atom. The number of nitrogens with zero attached hydrogens (tertiary/aromatic N) is 2. The van der Waals surface area contributed by atoms with Gasteiger partial charge >= 0.3 is 5.69 Å². The van der Waals surface area contributed by atoms with Crippen LogP contribution in [0, 0.1) is 0 Å². The Labute approximate surface area is 165 Å². The minimum atomic E-state index is -0.577. The second kappa shape index (κ2) is 6.10. The number of fused-ring (bicyclic) bond motifs is 3. The highest BCUT2D eigenvalue weighted by atomic mass is 16.5. The lowest BCUT2D eigenvalue weighted by Gasteiger charge is -2.30. The maximum Gasteiger partial charge on any atom is 0.333 e. The van der Waals surface area contributed by atoms with Crippen LogP contribution in [0.15, 0.2) is 70.3 Å². The number of hydrogen-bond donors (Lipinski definition) is 1. The van der Waals surface area contributed by atoms with Crippen molar-refractivity contribution in [1.29, 1.82) is 0 Å². The molecule has 0 amide bonds. The number of benzene rings is 3. The highest BCUT2D eigenvalue weighted by Gasteiger charge is 2.36. The molecule has 6 heteroatoms. The first-order valence-corrected chi connectivity index (χ1v) is 9.26. The van der Waals surface area contributed by atoms with Crippen LogP contribution in [-0.2, 0) is 14.1 Å². The third kappa shape index (κ3) is 2.35. The van der Waals surface area contributed by atoms with E-state index in [1.54, 1.807) is 19.2 Å². The fourth-order valence-corrected chi connectivity index (χ4v) is 4.18. The fourth-order valence-electron chi connectivity index (χ4n) is 4.18. The topological polar surface area (TPSA) is 73.5 Å². The molecule has 0 fully saturated rings. The van der Waals surface area contributed by atoms with Crippen LogP contribution in [0.2, 0.25) is 0 Å². The summed E-state index contributed by atoms with van der Waals surface area (Å²) in [7, 11) is 3.03. The number of aromatic hydroxyl groups is 1.